The molecule has 1 saturated carbocycles. The molecule has 2 N–H and O–H groups in total. The van der Waals surface area contributed by atoms with E-state index in [0.717, 1.165) is 11.3 Å². The highest BCUT2D eigenvalue weighted by Gasteiger charge is 2.27. The number of hydrogen-bond acceptors (Lipinski definition) is 2. The van der Waals surface area contributed by atoms with Gasteiger partial charge in [-0.1, -0.05) is 31.4 Å². The Morgan fingerprint density at radius 2 is 2.00 bits per heavy atom. The Morgan fingerprint density at radius 1 is 1.26 bits per heavy atom. The Hall–Kier alpha value is -1.35. The monoisotopic (exact) mass is 258 g/mol. The number of benzene rings is 1. The van der Waals surface area contributed by atoms with Crippen molar-refractivity contribution >= 4 is 11.6 Å². The third-order valence-electron chi connectivity index (χ3n) is 4.72. The zero-order valence-electron chi connectivity index (χ0n) is 11.6. The van der Waals surface area contributed by atoms with Crippen LogP contribution < -0.4 is 10.6 Å². The summed E-state index contributed by atoms with van der Waals surface area (Å²) in [5, 5.41) is 0. The molecule has 0 aromatic heterocycles. The Balaban J connectivity index is 1.82. The smallest absolute Gasteiger partial charge is 0.231 e. The minimum Gasteiger partial charge on any atom is -0.324 e. The number of fused-ring (bicyclic) bond motifs is 1. The van der Waals surface area contributed by atoms with Crippen LogP contribution in [0.15, 0.2) is 18.2 Å². The molecule has 1 amide bonds. The maximum absolute atomic E-state index is 11.7. The molecule has 3 heteroatoms. The van der Waals surface area contributed by atoms with E-state index in [1.54, 1.807) is 4.90 Å². The summed E-state index contributed by atoms with van der Waals surface area (Å²) in [4.78, 5) is 13.4. The van der Waals surface area contributed by atoms with Gasteiger partial charge in [0, 0.05) is 18.8 Å². The van der Waals surface area contributed by atoms with E-state index in [9.17, 15) is 4.79 Å². The van der Waals surface area contributed by atoms with Crippen molar-refractivity contribution in [1.29, 1.82) is 0 Å². The van der Waals surface area contributed by atoms with Crippen LogP contribution in [0, 0.1) is 5.92 Å². The Kier molecular flexibility index (Phi) is 3.31. The number of carbonyl (C=O) groups is 1. The second kappa shape index (κ2) is 4.97. The molecule has 1 unspecified atom stereocenters. The molecular formula is C16H22N2O. The fourth-order valence-electron chi connectivity index (χ4n) is 3.46. The largest absolute Gasteiger partial charge is 0.324 e. The summed E-state index contributed by atoms with van der Waals surface area (Å²) in [5.41, 5.74) is 9.82. The summed E-state index contributed by atoms with van der Waals surface area (Å²) in [6, 6.07) is 6.44. The fraction of sp³-hybridized carbons (Fsp3) is 0.562. The number of carbonyl (C=O) groups excluding carboxylic acids is 1. The van der Waals surface area contributed by atoms with E-state index >= 15 is 0 Å². The van der Waals surface area contributed by atoms with Crippen molar-refractivity contribution in [2.75, 3.05) is 11.9 Å². The molecule has 1 fully saturated rings. The van der Waals surface area contributed by atoms with Crippen LogP contribution in [-0.4, -0.2) is 13.0 Å². The lowest BCUT2D eigenvalue weighted by Gasteiger charge is -2.28. The first-order valence-electron chi connectivity index (χ1n) is 7.32. The van der Waals surface area contributed by atoms with E-state index < -0.39 is 0 Å². The topological polar surface area (TPSA) is 46.3 Å². The van der Waals surface area contributed by atoms with E-state index in [1.807, 2.05) is 7.05 Å². The molecule has 1 atom stereocenters. The van der Waals surface area contributed by atoms with Gasteiger partial charge in [-0.15, -0.1) is 0 Å². The van der Waals surface area contributed by atoms with Crippen molar-refractivity contribution in [2.24, 2.45) is 11.7 Å². The van der Waals surface area contributed by atoms with Gasteiger partial charge in [0.05, 0.1) is 6.42 Å². The number of nitrogens with zero attached hydrogens (tertiary/aromatic N) is 1. The van der Waals surface area contributed by atoms with Crippen molar-refractivity contribution in [3.05, 3.63) is 29.3 Å². The molecule has 1 aliphatic heterocycles. The van der Waals surface area contributed by atoms with Crippen LogP contribution in [0.2, 0.25) is 0 Å². The molecule has 0 saturated heterocycles. The highest BCUT2D eigenvalue weighted by molar-refractivity contribution is 6.00. The quantitative estimate of drug-likeness (QED) is 0.886. The van der Waals surface area contributed by atoms with Crippen LogP contribution in [0.1, 0.15) is 49.3 Å². The number of hydrogen-bond donors (Lipinski definition) is 1. The van der Waals surface area contributed by atoms with Crippen molar-refractivity contribution in [3.8, 4) is 0 Å². The first kappa shape index (κ1) is 12.7. The fourth-order valence-corrected chi connectivity index (χ4v) is 3.46. The number of anilines is 1. The van der Waals surface area contributed by atoms with Gasteiger partial charge in [0.25, 0.3) is 0 Å². The lowest BCUT2D eigenvalue weighted by Crippen LogP contribution is -2.23. The SMILES string of the molecule is CN1C(=O)Cc2cc(C(N)C3CCCCC3)ccc21. The third-order valence-corrected chi connectivity index (χ3v) is 4.72. The average Bonchev–Trinajstić information content (AvgIpc) is 2.74. The Labute approximate surface area is 114 Å². The van der Waals surface area contributed by atoms with Crippen molar-refractivity contribution in [3.63, 3.8) is 0 Å². The van der Waals surface area contributed by atoms with Crippen LogP contribution in [0.3, 0.4) is 0 Å². The zero-order valence-corrected chi connectivity index (χ0v) is 11.6. The van der Waals surface area contributed by atoms with Crippen molar-refractivity contribution < 1.29 is 4.79 Å². The second-order valence-corrected chi connectivity index (χ2v) is 5.94. The molecule has 2 aliphatic rings. The van der Waals surface area contributed by atoms with E-state index in [-0.39, 0.29) is 11.9 Å². The van der Waals surface area contributed by atoms with Gasteiger partial charge < -0.3 is 10.6 Å². The van der Waals surface area contributed by atoms with Gasteiger partial charge >= 0.3 is 0 Å². The first-order chi connectivity index (χ1) is 9.16. The summed E-state index contributed by atoms with van der Waals surface area (Å²) in [6.45, 7) is 0. The molecule has 0 bridgehead atoms. The third kappa shape index (κ3) is 2.27. The van der Waals surface area contributed by atoms with Crippen LogP contribution in [-0.2, 0) is 11.2 Å². The van der Waals surface area contributed by atoms with Crippen LogP contribution in [0.5, 0.6) is 0 Å². The minimum absolute atomic E-state index is 0.131. The van der Waals surface area contributed by atoms with Gasteiger partial charge in [0.1, 0.15) is 0 Å². The van der Waals surface area contributed by atoms with Gasteiger partial charge in [-0.2, -0.15) is 0 Å². The minimum atomic E-state index is 0.131. The Bertz CT molecular complexity index is 492. The van der Waals surface area contributed by atoms with Crippen LogP contribution in [0.25, 0.3) is 0 Å². The molecular weight excluding hydrogens is 236 g/mol. The van der Waals surface area contributed by atoms with Gasteiger partial charge in [-0.25, -0.2) is 0 Å². The normalized spacial score (nSPS) is 21.6. The van der Waals surface area contributed by atoms with E-state index in [1.165, 1.54) is 37.7 Å². The van der Waals surface area contributed by atoms with Crippen LogP contribution in [0.4, 0.5) is 5.69 Å². The van der Waals surface area contributed by atoms with Gasteiger partial charge in [-0.05, 0) is 36.0 Å². The lowest BCUT2D eigenvalue weighted by molar-refractivity contribution is -0.117. The summed E-state index contributed by atoms with van der Waals surface area (Å²) >= 11 is 0. The molecule has 1 heterocycles. The number of likely N-dealkylation sites (N-methyl/N-ethyl adjacent to an activating group) is 1. The standard InChI is InChI=1S/C16H22N2O/c1-18-14-8-7-12(9-13(14)10-15(18)19)16(17)11-5-3-2-4-6-11/h7-9,11,16H,2-6,10,17H2,1H3. The molecule has 3 nitrogen and oxygen atoms in total. The van der Waals surface area contributed by atoms with Gasteiger partial charge in [-0.3, -0.25) is 4.79 Å². The molecule has 102 valence electrons. The number of amides is 1. The highest BCUT2D eigenvalue weighted by atomic mass is 16.2. The van der Waals surface area contributed by atoms with E-state index in [4.69, 9.17) is 5.73 Å². The molecule has 3 rings (SSSR count). The second-order valence-electron chi connectivity index (χ2n) is 5.94. The lowest BCUT2D eigenvalue weighted by atomic mass is 9.81. The molecule has 1 aromatic rings. The first-order valence-corrected chi connectivity index (χ1v) is 7.32. The highest BCUT2D eigenvalue weighted by Crippen LogP contribution is 2.35. The van der Waals surface area contributed by atoms with Crippen molar-refractivity contribution in [1.82, 2.24) is 0 Å². The summed E-state index contributed by atoms with van der Waals surface area (Å²) < 4.78 is 0. The summed E-state index contributed by atoms with van der Waals surface area (Å²) in [7, 11) is 1.84. The van der Waals surface area contributed by atoms with E-state index in [0.29, 0.717) is 12.3 Å². The van der Waals surface area contributed by atoms with E-state index in [2.05, 4.69) is 18.2 Å². The molecule has 0 radical (unpaired) electrons. The maximum Gasteiger partial charge on any atom is 0.231 e. The average molecular weight is 258 g/mol. The summed E-state index contributed by atoms with van der Waals surface area (Å²) in [6.07, 6.45) is 6.99. The molecule has 1 aliphatic carbocycles. The molecule has 0 spiro atoms. The Morgan fingerprint density at radius 3 is 2.74 bits per heavy atom. The van der Waals surface area contributed by atoms with Crippen molar-refractivity contribution in [2.45, 2.75) is 44.6 Å². The van der Waals surface area contributed by atoms with Crippen LogP contribution >= 0.6 is 0 Å². The summed E-state index contributed by atoms with van der Waals surface area (Å²) in [5.74, 6) is 0.792. The molecule has 19 heavy (non-hydrogen) atoms. The predicted molar refractivity (Wildman–Crippen MR) is 77.1 cm³/mol. The number of nitrogens with two attached hydrogens (primary N) is 1. The predicted octanol–water partition coefficient (Wildman–Crippen LogP) is 2.79. The molecule has 1 aromatic carbocycles. The maximum atomic E-state index is 11.7. The van der Waals surface area contributed by atoms with Gasteiger partial charge in [0.2, 0.25) is 5.91 Å². The zero-order chi connectivity index (χ0) is 13.4. The van der Waals surface area contributed by atoms with Gasteiger partial charge in [0.15, 0.2) is 0 Å². The number of rotatable bonds is 2.